The molecule has 1 amide bonds. The molecule has 1 aromatic carbocycles. The second-order valence-corrected chi connectivity index (χ2v) is 3.87. The van der Waals surface area contributed by atoms with Crippen molar-refractivity contribution in [3.05, 3.63) is 24.3 Å². The van der Waals surface area contributed by atoms with Gasteiger partial charge in [0.15, 0.2) is 5.41 Å². The molecule has 1 heterocycles. The molecule has 88 valence electrons. The van der Waals surface area contributed by atoms with Crippen molar-refractivity contribution in [2.24, 2.45) is 5.41 Å². The Morgan fingerprint density at radius 1 is 1.47 bits per heavy atom. The molecule has 1 aliphatic heterocycles. The Balaban J connectivity index is 2.05. The lowest BCUT2D eigenvalue weighted by Crippen LogP contribution is -2.50. The Morgan fingerprint density at radius 2 is 2.12 bits per heavy atom. The molecule has 1 aliphatic rings. The van der Waals surface area contributed by atoms with Crippen molar-refractivity contribution in [1.29, 1.82) is 5.26 Å². The molecule has 5 heteroatoms. The quantitative estimate of drug-likeness (QED) is 0.849. The summed E-state index contributed by atoms with van der Waals surface area (Å²) >= 11 is 0. The molecule has 1 aromatic rings. The molecule has 17 heavy (non-hydrogen) atoms. The van der Waals surface area contributed by atoms with Gasteiger partial charge in [-0.25, -0.2) is 0 Å². The average Bonchev–Trinajstić information content (AvgIpc) is 2.29. The number of nitriles is 1. The van der Waals surface area contributed by atoms with Crippen LogP contribution < -0.4 is 10.1 Å². The van der Waals surface area contributed by atoms with Gasteiger partial charge in [-0.2, -0.15) is 5.26 Å². The van der Waals surface area contributed by atoms with Gasteiger partial charge in [-0.15, -0.1) is 0 Å². The second-order valence-electron chi connectivity index (χ2n) is 3.87. The summed E-state index contributed by atoms with van der Waals surface area (Å²) in [6.45, 7) is 0.316. The molecule has 1 fully saturated rings. The van der Waals surface area contributed by atoms with Gasteiger partial charge < -0.3 is 14.8 Å². The number of carbonyl (C=O) groups is 1. The predicted molar refractivity (Wildman–Crippen MR) is 60.5 cm³/mol. The Morgan fingerprint density at radius 3 is 2.53 bits per heavy atom. The number of benzene rings is 1. The molecule has 0 saturated carbocycles. The fourth-order valence-corrected chi connectivity index (χ4v) is 1.48. The van der Waals surface area contributed by atoms with E-state index >= 15 is 0 Å². The highest BCUT2D eigenvalue weighted by Crippen LogP contribution is 2.28. The van der Waals surface area contributed by atoms with Crippen LogP contribution in [0.25, 0.3) is 0 Å². The van der Waals surface area contributed by atoms with E-state index in [0.717, 1.165) is 0 Å². The SMILES string of the molecule is COc1ccc(NC(=O)C2(C#N)COC2)cc1. The van der Waals surface area contributed by atoms with Gasteiger partial charge in [0.25, 0.3) is 0 Å². The second kappa shape index (κ2) is 4.44. The van der Waals surface area contributed by atoms with Crippen LogP contribution >= 0.6 is 0 Å². The molecule has 5 nitrogen and oxygen atoms in total. The topological polar surface area (TPSA) is 71.3 Å². The third kappa shape index (κ3) is 2.08. The van der Waals surface area contributed by atoms with Crippen LogP contribution in [0.3, 0.4) is 0 Å². The van der Waals surface area contributed by atoms with Gasteiger partial charge in [0, 0.05) is 5.69 Å². The maximum absolute atomic E-state index is 11.9. The fraction of sp³-hybridized carbons (Fsp3) is 0.333. The Bertz CT molecular complexity index is 458. The molecular weight excluding hydrogens is 220 g/mol. The minimum atomic E-state index is -1.03. The summed E-state index contributed by atoms with van der Waals surface area (Å²) in [6, 6.07) is 8.93. The van der Waals surface area contributed by atoms with Crippen LogP contribution in [0.1, 0.15) is 0 Å². The molecule has 2 rings (SSSR count). The fourth-order valence-electron chi connectivity index (χ4n) is 1.48. The number of nitrogens with zero attached hydrogens (tertiary/aromatic N) is 1. The maximum atomic E-state index is 11.9. The summed E-state index contributed by atoms with van der Waals surface area (Å²) in [5, 5.41) is 11.6. The van der Waals surface area contributed by atoms with Crippen LogP contribution in [-0.2, 0) is 9.53 Å². The number of rotatable bonds is 3. The van der Waals surface area contributed by atoms with E-state index in [1.165, 1.54) is 0 Å². The lowest BCUT2D eigenvalue weighted by molar-refractivity contribution is -0.144. The zero-order chi connectivity index (χ0) is 12.3. The van der Waals surface area contributed by atoms with Crippen molar-refractivity contribution in [2.45, 2.75) is 0 Å². The lowest BCUT2D eigenvalue weighted by Gasteiger charge is -2.33. The summed E-state index contributed by atoms with van der Waals surface area (Å²) in [4.78, 5) is 11.9. The summed E-state index contributed by atoms with van der Waals surface area (Å²) < 4.78 is 9.93. The standard InChI is InChI=1S/C12H12N2O3/c1-16-10-4-2-9(3-5-10)14-11(15)12(6-13)7-17-8-12/h2-5H,7-8H2,1H3,(H,14,15). The predicted octanol–water partition coefficient (Wildman–Crippen LogP) is 1.17. The monoisotopic (exact) mass is 232 g/mol. The van der Waals surface area contributed by atoms with Gasteiger partial charge in [0.2, 0.25) is 5.91 Å². The van der Waals surface area contributed by atoms with Crippen LogP contribution in [0.4, 0.5) is 5.69 Å². The highest BCUT2D eigenvalue weighted by Gasteiger charge is 2.46. The first kappa shape index (κ1) is 11.4. The molecule has 0 aliphatic carbocycles. The first-order valence-electron chi connectivity index (χ1n) is 5.15. The number of methoxy groups -OCH3 is 1. The third-order valence-electron chi connectivity index (χ3n) is 2.69. The van der Waals surface area contributed by atoms with Gasteiger partial charge in [-0.1, -0.05) is 0 Å². The molecule has 0 atom stereocenters. The van der Waals surface area contributed by atoms with Crippen LogP contribution in [0.5, 0.6) is 5.75 Å². The Labute approximate surface area is 98.9 Å². The molecule has 0 radical (unpaired) electrons. The third-order valence-corrected chi connectivity index (χ3v) is 2.69. The number of hydrogen-bond acceptors (Lipinski definition) is 4. The molecule has 0 unspecified atom stereocenters. The molecule has 1 saturated heterocycles. The summed E-state index contributed by atoms with van der Waals surface area (Å²) in [5.41, 5.74) is -0.391. The minimum Gasteiger partial charge on any atom is -0.497 e. The summed E-state index contributed by atoms with van der Waals surface area (Å²) in [7, 11) is 1.57. The van der Waals surface area contributed by atoms with E-state index in [0.29, 0.717) is 11.4 Å². The van der Waals surface area contributed by atoms with Gasteiger partial charge in [0.05, 0.1) is 26.4 Å². The van der Waals surface area contributed by atoms with Crippen molar-refractivity contribution >= 4 is 11.6 Å². The number of ether oxygens (including phenoxy) is 2. The maximum Gasteiger partial charge on any atom is 0.249 e. The van der Waals surface area contributed by atoms with E-state index in [2.05, 4.69) is 5.32 Å². The normalized spacial score (nSPS) is 16.5. The number of carbonyl (C=O) groups excluding carboxylic acids is 1. The number of hydrogen-bond donors (Lipinski definition) is 1. The van der Waals surface area contributed by atoms with Gasteiger partial charge in [-0.3, -0.25) is 4.79 Å². The number of nitrogens with one attached hydrogen (secondary N) is 1. The van der Waals surface area contributed by atoms with Gasteiger partial charge in [-0.05, 0) is 24.3 Å². The van der Waals surface area contributed by atoms with Crippen molar-refractivity contribution < 1.29 is 14.3 Å². The van der Waals surface area contributed by atoms with Gasteiger partial charge >= 0.3 is 0 Å². The highest BCUT2D eigenvalue weighted by atomic mass is 16.5. The van der Waals surface area contributed by atoms with Crippen LogP contribution in [0.2, 0.25) is 0 Å². The van der Waals surface area contributed by atoms with Crippen LogP contribution in [0.15, 0.2) is 24.3 Å². The van der Waals surface area contributed by atoms with E-state index < -0.39 is 5.41 Å². The number of anilines is 1. The largest absolute Gasteiger partial charge is 0.497 e. The van der Waals surface area contributed by atoms with E-state index in [1.54, 1.807) is 31.4 Å². The zero-order valence-corrected chi connectivity index (χ0v) is 9.40. The number of amides is 1. The zero-order valence-electron chi connectivity index (χ0n) is 9.40. The Hall–Kier alpha value is -2.06. The summed E-state index contributed by atoms with van der Waals surface area (Å²) in [6.07, 6.45) is 0. The highest BCUT2D eigenvalue weighted by molar-refractivity contribution is 5.98. The molecular formula is C12H12N2O3. The summed E-state index contributed by atoms with van der Waals surface area (Å²) in [5.74, 6) is 0.390. The first-order chi connectivity index (χ1) is 8.20. The minimum absolute atomic E-state index is 0.158. The van der Waals surface area contributed by atoms with E-state index in [4.69, 9.17) is 14.7 Å². The van der Waals surface area contributed by atoms with Gasteiger partial charge in [0.1, 0.15) is 5.75 Å². The van der Waals surface area contributed by atoms with Crippen molar-refractivity contribution in [3.8, 4) is 11.8 Å². The smallest absolute Gasteiger partial charge is 0.249 e. The molecule has 0 bridgehead atoms. The Kier molecular flexibility index (Phi) is 2.98. The van der Waals surface area contributed by atoms with Crippen LogP contribution in [0, 0.1) is 16.7 Å². The first-order valence-corrected chi connectivity index (χ1v) is 5.15. The molecule has 0 aromatic heterocycles. The van der Waals surface area contributed by atoms with Crippen molar-refractivity contribution in [1.82, 2.24) is 0 Å². The van der Waals surface area contributed by atoms with E-state index in [-0.39, 0.29) is 19.1 Å². The van der Waals surface area contributed by atoms with Crippen molar-refractivity contribution in [2.75, 3.05) is 25.6 Å². The molecule has 1 N–H and O–H groups in total. The lowest BCUT2D eigenvalue weighted by atomic mass is 9.87. The van der Waals surface area contributed by atoms with Crippen LogP contribution in [-0.4, -0.2) is 26.2 Å². The van der Waals surface area contributed by atoms with Crippen molar-refractivity contribution in [3.63, 3.8) is 0 Å². The molecule has 0 spiro atoms. The van der Waals surface area contributed by atoms with E-state index in [9.17, 15) is 4.79 Å². The van der Waals surface area contributed by atoms with E-state index in [1.807, 2.05) is 6.07 Å². The average molecular weight is 232 g/mol.